The van der Waals surface area contributed by atoms with Crippen LogP contribution < -0.4 is 5.32 Å². The second kappa shape index (κ2) is 7.38. The van der Waals surface area contributed by atoms with E-state index in [2.05, 4.69) is 15.3 Å². The van der Waals surface area contributed by atoms with Crippen molar-refractivity contribution in [2.24, 2.45) is 0 Å². The molecule has 0 spiro atoms. The summed E-state index contributed by atoms with van der Waals surface area (Å²) in [7, 11) is 1.24. The van der Waals surface area contributed by atoms with Crippen LogP contribution in [-0.2, 0) is 14.3 Å². The predicted molar refractivity (Wildman–Crippen MR) is 87.8 cm³/mol. The molecule has 1 saturated heterocycles. The molecule has 138 valence electrons. The summed E-state index contributed by atoms with van der Waals surface area (Å²) in [6.07, 6.45) is 0.511. The van der Waals surface area contributed by atoms with Gasteiger partial charge in [-0.2, -0.15) is 4.98 Å². The van der Waals surface area contributed by atoms with Gasteiger partial charge in [-0.3, -0.25) is 4.90 Å². The van der Waals surface area contributed by atoms with Gasteiger partial charge in [-0.1, -0.05) is 0 Å². The van der Waals surface area contributed by atoms with E-state index >= 15 is 0 Å². The molecule has 0 unspecified atom stereocenters. The number of hydrogen-bond acceptors (Lipinski definition) is 7. The summed E-state index contributed by atoms with van der Waals surface area (Å²) in [4.78, 5) is 32.9. The Hall–Kier alpha value is -2.16. The largest absolute Gasteiger partial charge is 0.467 e. The number of nitrogens with one attached hydrogen (secondary N) is 1. The second-order valence-corrected chi connectivity index (χ2v) is 6.92. The van der Waals surface area contributed by atoms with Gasteiger partial charge in [0.2, 0.25) is 5.28 Å². The zero-order valence-corrected chi connectivity index (χ0v) is 15.1. The minimum absolute atomic E-state index is 0.0975. The Morgan fingerprint density at radius 2 is 2.12 bits per heavy atom. The topological polar surface area (TPSA) is 93.6 Å². The first-order valence-corrected chi connectivity index (χ1v) is 8.00. The summed E-state index contributed by atoms with van der Waals surface area (Å²) < 4.78 is 23.8. The van der Waals surface area contributed by atoms with E-state index in [1.54, 1.807) is 20.8 Å². The van der Waals surface area contributed by atoms with Crippen molar-refractivity contribution in [3.05, 3.63) is 17.3 Å². The molecule has 0 aliphatic carbocycles. The summed E-state index contributed by atoms with van der Waals surface area (Å²) in [6.45, 7) is 5.29. The first-order chi connectivity index (χ1) is 11.6. The molecule has 0 radical (unpaired) electrons. The maximum Gasteiger partial charge on any atom is 0.411 e. The van der Waals surface area contributed by atoms with Crippen LogP contribution in [0.25, 0.3) is 0 Å². The molecule has 1 aromatic heterocycles. The van der Waals surface area contributed by atoms with Gasteiger partial charge in [-0.15, -0.1) is 0 Å². The fraction of sp³-hybridized carbons (Fsp3) is 0.600. The van der Waals surface area contributed by atoms with Crippen LogP contribution in [0.15, 0.2) is 6.20 Å². The highest BCUT2D eigenvalue weighted by molar-refractivity contribution is 6.28. The maximum atomic E-state index is 13.8. The lowest BCUT2D eigenvalue weighted by Gasteiger charge is -2.27. The number of nitrogens with zero attached hydrogens (tertiary/aromatic N) is 3. The lowest BCUT2D eigenvalue weighted by molar-refractivity contribution is -0.145. The summed E-state index contributed by atoms with van der Waals surface area (Å²) in [5.41, 5.74) is -0.713. The molecular formula is C15H20ClFN4O4. The Balaban J connectivity index is 2.16. The van der Waals surface area contributed by atoms with Crippen LogP contribution in [-0.4, -0.2) is 58.3 Å². The van der Waals surface area contributed by atoms with Gasteiger partial charge in [0, 0.05) is 19.0 Å². The van der Waals surface area contributed by atoms with Crippen LogP contribution >= 0.6 is 11.6 Å². The molecule has 1 aromatic rings. The molecule has 0 saturated carbocycles. The van der Waals surface area contributed by atoms with E-state index in [0.717, 1.165) is 6.20 Å². The Labute approximate surface area is 149 Å². The maximum absolute atomic E-state index is 13.8. The van der Waals surface area contributed by atoms with Crippen molar-refractivity contribution in [1.29, 1.82) is 0 Å². The summed E-state index contributed by atoms with van der Waals surface area (Å²) >= 11 is 5.67. The number of carbonyl (C=O) groups excluding carboxylic acids is 2. The predicted octanol–water partition coefficient (Wildman–Crippen LogP) is 2.23. The molecule has 1 aliphatic rings. The lowest BCUT2D eigenvalue weighted by Crippen LogP contribution is -2.44. The highest BCUT2D eigenvalue weighted by Gasteiger charge is 2.42. The monoisotopic (exact) mass is 374 g/mol. The van der Waals surface area contributed by atoms with E-state index in [1.807, 2.05) is 0 Å². The molecular weight excluding hydrogens is 355 g/mol. The Morgan fingerprint density at radius 1 is 1.44 bits per heavy atom. The summed E-state index contributed by atoms with van der Waals surface area (Å²) in [6, 6.07) is -1.27. The van der Waals surface area contributed by atoms with E-state index < -0.39 is 35.6 Å². The highest BCUT2D eigenvalue weighted by Crippen LogP contribution is 2.25. The molecule has 10 heteroatoms. The molecule has 0 bridgehead atoms. The standard InChI is InChI=1S/C15H20ClFN4O4/c1-15(2,3)25-14(23)21-7-8(5-10(21)12(22)24-4)19-11-9(17)6-18-13(16)20-11/h6,8,10H,5,7H2,1-4H3,(H,18,19,20)/t8-,10+/m1/s1. The number of hydrogen-bond donors (Lipinski definition) is 1. The van der Waals surface area contributed by atoms with E-state index in [4.69, 9.17) is 21.1 Å². The third-order valence-corrected chi connectivity index (χ3v) is 3.64. The first kappa shape index (κ1) is 19.2. The number of likely N-dealkylation sites (tertiary alicyclic amines) is 1. The van der Waals surface area contributed by atoms with Crippen molar-refractivity contribution in [2.75, 3.05) is 19.0 Å². The quantitative estimate of drug-likeness (QED) is 0.640. The van der Waals surface area contributed by atoms with Gasteiger partial charge < -0.3 is 14.8 Å². The molecule has 1 N–H and O–H groups in total. The minimum atomic E-state index is -0.835. The SMILES string of the molecule is COC(=O)[C@@H]1C[C@@H](Nc2nc(Cl)ncc2F)CN1C(=O)OC(C)(C)C. The van der Waals surface area contributed by atoms with Crippen molar-refractivity contribution in [1.82, 2.24) is 14.9 Å². The fourth-order valence-corrected chi connectivity index (χ4v) is 2.60. The number of halogens is 2. The number of aromatic nitrogens is 2. The molecule has 1 amide bonds. The molecule has 1 aliphatic heterocycles. The Morgan fingerprint density at radius 3 is 2.72 bits per heavy atom. The van der Waals surface area contributed by atoms with Gasteiger partial charge in [0.05, 0.1) is 13.3 Å². The summed E-state index contributed by atoms with van der Waals surface area (Å²) in [5, 5.41) is 2.72. The van der Waals surface area contributed by atoms with Crippen molar-refractivity contribution in [2.45, 2.75) is 44.9 Å². The number of esters is 1. The van der Waals surface area contributed by atoms with Gasteiger partial charge in [0.15, 0.2) is 11.6 Å². The summed E-state index contributed by atoms with van der Waals surface area (Å²) in [5.74, 6) is -1.36. The van der Waals surface area contributed by atoms with Crippen LogP contribution in [0.4, 0.5) is 15.0 Å². The number of amides is 1. The van der Waals surface area contributed by atoms with Crippen LogP contribution in [0.2, 0.25) is 5.28 Å². The molecule has 2 atom stereocenters. The van der Waals surface area contributed by atoms with Crippen LogP contribution in [0.1, 0.15) is 27.2 Å². The van der Waals surface area contributed by atoms with Crippen molar-refractivity contribution < 1.29 is 23.5 Å². The molecule has 0 aromatic carbocycles. The molecule has 2 heterocycles. The second-order valence-electron chi connectivity index (χ2n) is 6.58. The highest BCUT2D eigenvalue weighted by atomic mass is 35.5. The van der Waals surface area contributed by atoms with Crippen molar-refractivity contribution in [3.63, 3.8) is 0 Å². The third kappa shape index (κ3) is 4.91. The van der Waals surface area contributed by atoms with Gasteiger partial charge in [-0.05, 0) is 32.4 Å². The minimum Gasteiger partial charge on any atom is -0.467 e. The first-order valence-electron chi connectivity index (χ1n) is 7.62. The van der Waals surface area contributed by atoms with E-state index in [0.29, 0.717) is 0 Å². The number of anilines is 1. The average Bonchev–Trinajstić information content (AvgIpc) is 2.92. The van der Waals surface area contributed by atoms with Crippen molar-refractivity contribution >= 4 is 29.5 Å². The Kier molecular flexibility index (Phi) is 5.66. The average molecular weight is 375 g/mol. The zero-order valence-electron chi connectivity index (χ0n) is 14.4. The van der Waals surface area contributed by atoms with Crippen LogP contribution in [0, 0.1) is 5.82 Å². The number of ether oxygens (including phenoxy) is 2. The molecule has 25 heavy (non-hydrogen) atoms. The van der Waals surface area contributed by atoms with Gasteiger partial charge >= 0.3 is 12.1 Å². The lowest BCUT2D eigenvalue weighted by atomic mass is 10.1. The number of carbonyl (C=O) groups is 2. The van der Waals surface area contributed by atoms with Gasteiger partial charge in [0.25, 0.3) is 0 Å². The van der Waals surface area contributed by atoms with Crippen LogP contribution in [0.5, 0.6) is 0 Å². The van der Waals surface area contributed by atoms with E-state index in [1.165, 1.54) is 12.0 Å². The number of methoxy groups -OCH3 is 1. The van der Waals surface area contributed by atoms with Crippen molar-refractivity contribution in [3.8, 4) is 0 Å². The third-order valence-electron chi connectivity index (χ3n) is 3.46. The molecule has 2 rings (SSSR count). The zero-order chi connectivity index (χ0) is 18.8. The van der Waals surface area contributed by atoms with E-state index in [-0.39, 0.29) is 24.1 Å². The molecule has 1 fully saturated rings. The smallest absolute Gasteiger partial charge is 0.411 e. The van der Waals surface area contributed by atoms with Gasteiger partial charge in [-0.25, -0.2) is 19.0 Å². The number of rotatable bonds is 3. The van der Waals surface area contributed by atoms with Gasteiger partial charge in [0.1, 0.15) is 11.6 Å². The van der Waals surface area contributed by atoms with E-state index in [9.17, 15) is 14.0 Å². The van der Waals surface area contributed by atoms with Crippen LogP contribution in [0.3, 0.4) is 0 Å². The fourth-order valence-electron chi connectivity index (χ4n) is 2.46. The Bertz CT molecular complexity index is 667. The molecule has 8 nitrogen and oxygen atoms in total. The normalized spacial score (nSPS) is 20.3.